The van der Waals surface area contributed by atoms with E-state index in [-0.39, 0.29) is 5.41 Å². The van der Waals surface area contributed by atoms with E-state index in [1.165, 1.54) is 38.5 Å². The minimum Gasteiger partial charge on any atom is -0.481 e. The maximum atomic E-state index is 12.0. The van der Waals surface area contributed by atoms with Crippen LogP contribution in [0.5, 0.6) is 0 Å². The Morgan fingerprint density at radius 3 is 2.67 bits per heavy atom. The molecule has 0 aromatic rings. The maximum absolute atomic E-state index is 12.0. The number of carbonyl (C=O) groups excluding carboxylic acids is 1. The van der Waals surface area contributed by atoms with E-state index in [2.05, 4.69) is 20.8 Å². The van der Waals surface area contributed by atoms with E-state index >= 15 is 0 Å². The van der Waals surface area contributed by atoms with E-state index in [9.17, 15) is 9.59 Å². The van der Waals surface area contributed by atoms with Gasteiger partial charge in [-0.3, -0.25) is 9.59 Å². The van der Waals surface area contributed by atoms with Gasteiger partial charge >= 0.3 is 5.97 Å². The molecule has 0 spiro atoms. The molecule has 0 aliphatic heterocycles. The molecule has 0 saturated heterocycles. The molecule has 1 N–H and O–H groups in total. The number of hydrogen-bond acceptors (Lipinski definition) is 2. The molecule has 0 heterocycles. The highest BCUT2D eigenvalue weighted by Crippen LogP contribution is 2.65. The fraction of sp³-hybridized carbons (Fsp3) is 0.833. The van der Waals surface area contributed by atoms with Gasteiger partial charge in [-0.1, -0.05) is 31.9 Å². The van der Waals surface area contributed by atoms with Crippen LogP contribution in [0.3, 0.4) is 0 Å². The number of carboxylic acids is 1. The Bertz CT molecular complexity index is 677. The summed E-state index contributed by atoms with van der Waals surface area (Å²) in [5, 5.41) is 9.08. The first-order chi connectivity index (χ1) is 12.8. The molecule has 4 aliphatic rings. The number of hydrogen-bond donors (Lipinski definition) is 1. The van der Waals surface area contributed by atoms with Gasteiger partial charge in [0, 0.05) is 19.3 Å². The Labute approximate surface area is 164 Å². The van der Waals surface area contributed by atoms with Crippen molar-refractivity contribution < 1.29 is 14.7 Å². The highest BCUT2D eigenvalue weighted by atomic mass is 16.4. The molecule has 0 amide bonds. The first-order valence-corrected chi connectivity index (χ1v) is 11.2. The van der Waals surface area contributed by atoms with Crippen molar-refractivity contribution >= 4 is 11.8 Å². The molecule has 0 unspecified atom stereocenters. The number of carboxylic acid groups (broad SMARTS) is 1. The average Bonchev–Trinajstić information content (AvgIpc) is 2.97. The van der Waals surface area contributed by atoms with Gasteiger partial charge < -0.3 is 5.11 Å². The lowest BCUT2D eigenvalue weighted by Crippen LogP contribution is -2.45. The van der Waals surface area contributed by atoms with Crippen LogP contribution in [-0.2, 0) is 9.59 Å². The van der Waals surface area contributed by atoms with E-state index in [4.69, 9.17) is 5.11 Å². The van der Waals surface area contributed by atoms with Gasteiger partial charge in [0.2, 0.25) is 0 Å². The van der Waals surface area contributed by atoms with Gasteiger partial charge in [-0.25, -0.2) is 0 Å². The largest absolute Gasteiger partial charge is 0.481 e. The molecular formula is C24H36O3. The summed E-state index contributed by atoms with van der Waals surface area (Å²) in [6.07, 6.45) is 11.2. The second-order valence-electron chi connectivity index (χ2n) is 10.6. The van der Waals surface area contributed by atoms with E-state index < -0.39 is 5.97 Å². The average molecular weight is 373 g/mol. The van der Waals surface area contributed by atoms with Crippen LogP contribution < -0.4 is 0 Å². The monoisotopic (exact) mass is 372 g/mol. The summed E-state index contributed by atoms with van der Waals surface area (Å²) >= 11 is 0. The van der Waals surface area contributed by atoms with Crippen LogP contribution >= 0.6 is 0 Å². The predicted octanol–water partition coefficient (Wildman–Crippen LogP) is 5.78. The molecule has 2 fully saturated rings. The number of Topliss-reactive ketones (excluding diaryl/α,β-unsaturated/α-hetero) is 1. The van der Waals surface area contributed by atoms with Crippen molar-refractivity contribution in [3.05, 3.63) is 11.1 Å². The molecule has 0 radical (unpaired) electrons. The molecule has 0 aromatic carbocycles. The van der Waals surface area contributed by atoms with E-state index in [1.54, 1.807) is 11.1 Å². The molecular weight excluding hydrogens is 336 g/mol. The lowest BCUT2D eigenvalue weighted by molar-refractivity contribution is -0.137. The molecule has 3 heteroatoms. The number of ketones is 1. The smallest absolute Gasteiger partial charge is 0.303 e. The molecule has 0 aromatic heterocycles. The van der Waals surface area contributed by atoms with Crippen LogP contribution in [0.15, 0.2) is 11.1 Å². The van der Waals surface area contributed by atoms with Gasteiger partial charge in [-0.05, 0) is 85.9 Å². The summed E-state index contributed by atoms with van der Waals surface area (Å²) in [4.78, 5) is 23.1. The van der Waals surface area contributed by atoms with Crippen LogP contribution in [0.2, 0.25) is 0 Å². The van der Waals surface area contributed by atoms with Crippen molar-refractivity contribution in [1.29, 1.82) is 0 Å². The number of allylic oxidation sites excluding steroid dienone is 2. The zero-order chi connectivity index (χ0) is 19.4. The van der Waals surface area contributed by atoms with Crippen molar-refractivity contribution in [2.24, 2.45) is 34.5 Å². The van der Waals surface area contributed by atoms with E-state index in [1.807, 2.05) is 0 Å². The Morgan fingerprint density at radius 1 is 1.15 bits per heavy atom. The second-order valence-corrected chi connectivity index (χ2v) is 10.6. The SMILES string of the molecule is C[C@H](CCC(=O)O)[C@H]1CC[C@H]2C3=C(CC[C@]12C)[C@@]1(C)CCC(=O)C[C@H]1CC3. The topological polar surface area (TPSA) is 54.4 Å². The molecule has 0 bridgehead atoms. The Kier molecular flexibility index (Phi) is 4.79. The maximum Gasteiger partial charge on any atom is 0.303 e. The second kappa shape index (κ2) is 6.74. The van der Waals surface area contributed by atoms with Crippen LogP contribution in [0.4, 0.5) is 0 Å². The molecule has 3 nitrogen and oxygen atoms in total. The molecule has 150 valence electrons. The first-order valence-electron chi connectivity index (χ1n) is 11.2. The highest BCUT2D eigenvalue weighted by molar-refractivity contribution is 5.80. The van der Waals surface area contributed by atoms with Crippen LogP contribution in [0.1, 0.15) is 91.4 Å². The highest BCUT2D eigenvalue weighted by Gasteiger charge is 2.55. The molecule has 6 atom stereocenters. The Morgan fingerprint density at radius 2 is 1.93 bits per heavy atom. The van der Waals surface area contributed by atoms with Crippen molar-refractivity contribution in [3.63, 3.8) is 0 Å². The summed E-state index contributed by atoms with van der Waals surface area (Å²) in [5.74, 6) is 2.26. The van der Waals surface area contributed by atoms with Crippen molar-refractivity contribution in [1.82, 2.24) is 0 Å². The third-order valence-corrected chi connectivity index (χ3v) is 9.38. The van der Waals surface area contributed by atoms with Crippen LogP contribution in [0.25, 0.3) is 0 Å². The Hall–Kier alpha value is -1.12. The van der Waals surface area contributed by atoms with E-state index in [0.29, 0.717) is 41.3 Å². The van der Waals surface area contributed by atoms with Crippen molar-refractivity contribution in [2.45, 2.75) is 91.4 Å². The van der Waals surface area contributed by atoms with Gasteiger partial charge in [-0.2, -0.15) is 0 Å². The predicted molar refractivity (Wildman–Crippen MR) is 106 cm³/mol. The molecule has 4 aliphatic carbocycles. The van der Waals surface area contributed by atoms with Gasteiger partial charge in [0.15, 0.2) is 0 Å². The number of carbonyl (C=O) groups is 2. The van der Waals surface area contributed by atoms with Gasteiger partial charge in [-0.15, -0.1) is 0 Å². The fourth-order valence-electron chi connectivity index (χ4n) is 7.78. The quantitative estimate of drug-likeness (QED) is 0.636. The number of aliphatic carboxylic acids is 1. The normalized spacial score (nSPS) is 42.3. The molecule has 27 heavy (non-hydrogen) atoms. The lowest BCUT2D eigenvalue weighted by atomic mass is 9.50. The van der Waals surface area contributed by atoms with Gasteiger partial charge in [0.25, 0.3) is 0 Å². The summed E-state index contributed by atoms with van der Waals surface area (Å²) < 4.78 is 0. The number of fused-ring (bicyclic) bond motifs is 4. The minimum absolute atomic E-state index is 0.274. The third-order valence-electron chi connectivity index (χ3n) is 9.38. The van der Waals surface area contributed by atoms with Gasteiger partial charge in [0.05, 0.1) is 0 Å². The van der Waals surface area contributed by atoms with E-state index in [0.717, 1.165) is 25.7 Å². The van der Waals surface area contributed by atoms with Gasteiger partial charge in [0.1, 0.15) is 5.78 Å². The Balaban J connectivity index is 1.59. The summed E-state index contributed by atoms with van der Waals surface area (Å²) in [5.41, 5.74) is 4.14. The molecule has 4 rings (SSSR count). The minimum atomic E-state index is -0.659. The third kappa shape index (κ3) is 3.00. The standard InChI is InChI=1S/C24H36O3/c1-15(4-9-22(26)27)19-7-8-20-18-6-5-16-14-17(25)10-12-23(16,2)21(18)11-13-24(19,20)3/h15-16,19-20H,4-14H2,1-3H3,(H,26,27)/t15-,16-,19-,20+,23+,24-/m1/s1. The van der Waals surface area contributed by atoms with Crippen molar-refractivity contribution in [3.8, 4) is 0 Å². The van der Waals surface area contributed by atoms with Crippen molar-refractivity contribution in [2.75, 3.05) is 0 Å². The zero-order valence-electron chi connectivity index (χ0n) is 17.4. The molecule has 2 saturated carbocycles. The summed E-state index contributed by atoms with van der Waals surface area (Å²) in [6.45, 7) is 7.26. The summed E-state index contributed by atoms with van der Waals surface area (Å²) in [6, 6.07) is 0. The summed E-state index contributed by atoms with van der Waals surface area (Å²) in [7, 11) is 0. The van der Waals surface area contributed by atoms with Crippen LogP contribution in [0, 0.1) is 34.5 Å². The first kappa shape index (κ1) is 19.2. The lowest BCUT2D eigenvalue weighted by Gasteiger charge is -2.54. The number of rotatable bonds is 4. The van der Waals surface area contributed by atoms with Crippen LogP contribution in [-0.4, -0.2) is 16.9 Å². The zero-order valence-corrected chi connectivity index (χ0v) is 17.4. The fourth-order valence-corrected chi connectivity index (χ4v) is 7.78.